The van der Waals surface area contributed by atoms with Gasteiger partial charge in [-0.1, -0.05) is 28.1 Å². The van der Waals surface area contributed by atoms with Gasteiger partial charge in [-0.15, -0.1) is 0 Å². The van der Waals surface area contributed by atoms with Crippen LogP contribution in [0.4, 0.5) is 5.69 Å². The molecule has 0 atom stereocenters. The molecule has 0 fully saturated rings. The molecule has 3 heteroatoms. The van der Waals surface area contributed by atoms with Crippen LogP contribution in [0.3, 0.4) is 0 Å². The first-order valence-electron chi connectivity index (χ1n) is 7.33. The largest absolute Gasteiger partial charge is 0.322 e. The molecule has 1 aliphatic carbocycles. The van der Waals surface area contributed by atoms with Crippen LogP contribution in [0, 0.1) is 6.92 Å². The molecule has 0 saturated carbocycles. The van der Waals surface area contributed by atoms with Crippen LogP contribution in [0.5, 0.6) is 0 Å². The minimum absolute atomic E-state index is 0.0432. The van der Waals surface area contributed by atoms with Crippen LogP contribution in [-0.2, 0) is 12.8 Å². The van der Waals surface area contributed by atoms with E-state index < -0.39 is 0 Å². The van der Waals surface area contributed by atoms with Crippen molar-refractivity contribution in [1.29, 1.82) is 0 Å². The number of hydrogen-bond donors (Lipinski definition) is 1. The second-order valence-corrected chi connectivity index (χ2v) is 6.54. The highest BCUT2D eigenvalue weighted by Gasteiger charge is 2.15. The number of fused-ring (bicyclic) bond motifs is 1. The molecule has 1 amide bonds. The summed E-state index contributed by atoms with van der Waals surface area (Å²) in [7, 11) is 0. The van der Waals surface area contributed by atoms with Gasteiger partial charge in [0, 0.05) is 15.7 Å². The molecule has 0 aromatic heterocycles. The van der Waals surface area contributed by atoms with E-state index in [-0.39, 0.29) is 5.91 Å². The summed E-state index contributed by atoms with van der Waals surface area (Å²) >= 11 is 3.45. The first-order valence-corrected chi connectivity index (χ1v) is 8.12. The van der Waals surface area contributed by atoms with Gasteiger partial charge in [0.15, 0.2) is 0 Å². The Hall–Kier alpha value is -1.61. The maximum atomic E-state index is 12.5. The standard InChI is InChI=1S/C18H18BrNO/c1-12-9-14(11-15(19)10-12)18(21)20-17-8-4-6-13-5-2-3-7-16(13)17/h4,6,8-11H,2-3,5,7H2,1H3,(H,20,21). The Kier molecular flexibility index (Phi) is 4.11. The fourth-order valence-corrected chi connectivity index (χ4v) is 3.57. The summed E-state index contributed by atoms with van der Waals surface area (Å²) in [5, 5.41) is 3.08. The zero-order valence-corrected chi connectivity index (χ0v) is 13.7. The van der Waals surface area contributed by atoms with Gasteiger partial charge in [-0.3, -0.25) is 4.79 Å². The molecule has 0 radical (unpaired) electrons. The van der Waals surface area contributed by atoms with Gasteiger partial charge >= 0.3 is 0 Å². The summed E-state index contributed by atoms with van der Waals surface area (Å²) in [4.78, 5) is 12.5. The van der Waals surface area contributed by atoms with E-state index >= 15 is 0 Å². The Balaban J connectivity index is 1.88. The van der Waals surface area contributed by atoms with Crippen LogP contribution in [0.25, 0.3) is 0 Å². The normalized spacial score (nSPS) is 13.6. The number of halogens is 1. The molecule has 0 aliphatic heterocycles. The highest BCUT2D eigenvalue weighted by molar-refractivity contribution is 9.10. The number of nitrogens with one attached hydrogen (secondary N) is 1. The summed E-state index contributed by atoms with van der Waals surface area (Å²) in [5.41, 5.74) is 5.42. The lowest BCUT2D eigenvalue weighted by Gasteiger charge is -2.19. The molecule has 108 valence electrons. The van der Waals surface area contributed by atoms with E-state index in [0.717, 1.165) is 28.6 Å². The van der Waals surface area contributed by atoms with Crippen molar-refractivity contribution in [2.24, 2.45) is 0 Å². The molecule has 0 spiro atoms. The SMILES string of the molecule is Cc1cc(Br)cc(C(=O)Nc2cccc3c2CCCC3)c1. The second kappa shape index (κ2) is 6.02. The van der Waals surface area contributed by atoms with Gasteiger partial charge in [-0.05, 0) is 73.6 Å². The number of carbonyl (C=O) groups excluding carboxylic acids is 1. The van der Waals surface area contributed by atoms with Gasteiger partial charge in [0.25, 0.3) is 5.91 Å². The molecule has 2 aromatic carbocycles. The van der Waals surface area contributed by atoms with Crippen LogP contribution >= 0.6 is 15.9 Å². The van der Waals surface area contributed by atoms with E-state index in [4.69, 9.17) is 0 Å². The van der Waals surface area contributed by atoms with E-state index in [1.165, 1.54) is 24.0 Å². The van der Waals surface area contributed by atoms with Gasteiger partial charge in [0.2, 0.25) is 0 Å². The average molecular weight is 344 g/mol. The number of aryl methyl sites for hydroxylation is 2. The molecule has 0 heterocycles. The molecular weight excluding hydrogens is 326 g/mol. The highest BCUT2D eigenvalue weighted by Crippen LogP contribution is 2.28. The Labute approximate surface area is 133 Å². The molecule has 1 N–H and O–H groups in total. The van der Waals surface area contributed by atoms with Crippen LogP contribution < -0.4 is 5.32 Å². The molecule has 0 unspecified atom stereocenters. The van der Waals surface area contributed by atoms with Crippen molar-refractivity contribution in [2.45, 2.75) is 32.6 Å². The van der Waals surface area contributed by atoms with Crippen molar-refractivity contribution in [2.75, 3.05) is 5.32 Å². The molecule has 0 bridgehead atoms. The summed E-state index contributed by atoms with van der Waals surface area (Å²) in [6.45, 7) is 1.99. The second-order valence-electron chi connectivity index (χ2n) is 5.62. The number of benzene rings is 2. The molecule has 0 saturated heterocycles. The third kappa shape index (κ3) is 3.18. The monoisotopic (exact) mass is 343 g/mol. The molecule has 21 heavy (non-hydrogen) atoms. The molecular formula is C18H18BrNO. The number of amides is 1. The lowest BCUT2D eigenvalue weighted by Crippen LogP contribution is -2.15. The van der Waals surface area contributed by atoms with E-state index in [0.29, 0.717) is 5.56 Å². The number of hydrogen-bond acceptors (Lipinski definition) is 1. The van der Waals surface area contributed by atoms with Gasteiger partial charge < -0.3 is 5.32 Å². The summed E-state index contributed by atoms with van der Waals surface area (Å²) in [6.07, 6.45) is 4.63. The Morgan fingerprint density at radius 1 is 1.14 bits per heavy atom. The fraction of sp³-hybridized carbons (Fsp3) is 0.278. The van der Waals surface area contributed by atoms with Gasteiger partial charge in [-0.25, -0.2) is 0 Å². The zero-order chi connectivity index (χ0) is 14.8. The fourth-order valence-electron chi connectivity index (χ4n) is 2.96. The average Bonchev–Trinajstić information content (AvgIpc) is 2.46. The smallest absolute Gasteiger partial charge is 0.255 e. The van der Waals surface area contributed by atoms with Crippen molar-refractivity contribution in [3.05, 3.63) is 63.1 Å². The summed E-state index contributed by atoms with van der Waals surface area (Å²) in [6, 6.07) is 12.0. The molecule has 1 aliphatic rings. The third-order valence-corrected chi connectivity index (χ3v) is 4.41. The zero-order valence-electron chi connectivity index (χ0n) is 12.1. The van der Waals surface area contributed by atoms with E-state index in [1.54, 1.807) is 0 Å². The Morgan fingerprint density at radius 3 is 2.76 bits per heavy atom. The van der Waals surface area contributed by atoms with Crippen molar-refractivity contribution in [3.8, 4) is 0 Å². The van der Waals surface area contributed by atoms with Crippen LogP contribution in [-0.4, -0.2) is 5.91 Å². The highest BCUT2D eigenvalue weighted by atomic mass is 79.9. The summed E-state index contributed by atoms with van der Waals surface area (Å²) in [5.74, 6) is -0.0432. The number of anilines is 1. The van der Waals surface area contributed by atoms with Gasteiger partial charge in [0.1, 0.15) is 0 Å². The third-order valence-electron chi connectivity index (χ3n) is 3.95. The lowest BCUT2D eigenvalue weighted by molar-refractivity contribution is 0.102. The predicted octanol–water partition coefficient (Wildman–Crippen LogP) is 4.89. The van der Waals surface area contributed by atoms with Gasteiger partial charge in [0.05, 0.1) is 0 Å². The van der Waals surface area contributed by atoms with E-state index in [1.807, 2.05) is 37.3 Å². The topological polar surface area (TPSA) is 29.1 Å². The van der Waals surface area contributed by atoms with Crippen molar-refractivity contribution < 1.29 is 4.79 Å². The molecule has 2 aromatic rings. The molecule has 2 nitrogen and oxygen atoms in total. The number of carbonyl (C=O) groups is 1. The maximum Gasteiger partial charge on any atom is 0.255 e. The minimum atomic E-state index is -0.0432. The lowest BCUT2D eigenvalue weighted by atomic mass is 9.90. The first-order chi connectivity index (χ1) is 10.1. The minimum Gasteiger partial charge on any atom is -0.322 e. The van der Waals surface area contributed by atoms with Gasteiger partial charge in [-0.2, -0.15) is 0 Å². The van der Waals surface area contributed by atoms with Crippen molar-refractivity contribution in [1.82, 2.24) is 0 Å². The summed E-state index contributed by atoms with van der Waals surface area (Å²) < 4.78 is 0.933. The predicted molar refractivity (Wildman–Crippen MR) is 89.9 cm³/mol. The van der Waals surface area contributed by atoms with Crippen molar-refractivity contribution in [3.63, 3.8) is 0 Å². The van der Waals surface area contributed by atoms with Crippen LogP contribution in [0.1, 0.15) is 39.9 Å². The Morgan fingerprint density at radius 2 is 1.95 bits per heavy atom. The Bertz CT molecular complexity index is 673. The van der Waals surface area contributed by atoms with Crippen LogP contribution in [0.2, 0.25) is 0 Å². The van der Waals surface area contributed by atoms with Crippen LogP contribution in [0.15, 0.2) is 40.9 Å². The first kappa shape index (κ1) is 14.3. The molecule has 3 rings (SSSR count). The quantitative estimate of drug-likeness (QED) is 0.826. The number of rotatable bonds is 2. The van der Waals surface area contributed by atoms with Crippen molar-refractivity contribution >= 4 is 27.5 Å². The van der Waals surface area contributed by atoms with E-state index in [9.17, 15) is 4.79 Å². The maximum absolute atomic E-state index is 12.5. The van der Waals surface area contributed by atoms with E-state index in [2.05, 4.69) is 27.3 Å².